The van der Waals surface area contributed by atoms with Crippen LogP contribution in [0.4, 0.5) is 10.6 Å². The highest BCUT2D eigenvalue weighted by atomic mass is 32.1. The fraction of sp³-hybridized carbons (Fsp3) is 0.543. The number of pyridine rings is 1. The van der Waals surface area contributed by atoms with E-state index in [9.17, 15) is 9.59 Å². The Morgan fingerprint density at radius 2 is 1.68 bits per heavy atom. The van der Waals surface area contributed by atoms with E-state index in [2.05, 4.69) is 41.5 Å². The van der Waals surface area contributed by atoms with Gasteiger partial charge in [0.2, 0.25) is 5.91 Å². The topological polar surface area (TPSA) is 105 Å². The molecule has 9 heteroatoms. The van der Waals surface area contributed by atoms with Crippen LogP contribution in [0.2, 0.25) is 0 Å². The maximum absolute atomic E-state index is 14.2. The second-order valence-corrected chi connectivity index (χ2v) is 14.1. The number of benzene rings is 1. The van der Waals surface area contributed by atoms with Crippen molar-refractivity contribution in [3.05, 3.63) is 58.9 Å². The quantitative estimate of drug-likeness (QED) is 0.241. The Morgan fingerprint density at radius 1 is 0.955 bits per heavy atom. The number of anilines is 1. The molecular formula is C35H44N4O4S. The van der Waals surface area contributed by atoms with Crippen molar-refractivity contribution in [2.45, 2.75) is 83.0 Å². The highest BCUT2D eigenvalue weighted by molar-refractivity contribution is 7.15. The van der Waals surface area contributed by atoms with Crippen LogP contribution in [0.5, 0.6) is 5.75 Å². The van der Waals surface area contributed by atoms with E-state index in [0.717, 1.165) is 73.4 Å². The van der Waals surface area contributed by atoms with Gasteiger partial charge in [-0.1, -0.05) is 12.1 Å². The highest BCUT2D eigenvalue weighted by Gasteiger charge is 2.34. The molecular weight excluding hydrogens is 572 g/mol. The Balaban J connectivity index is 1.17. The van der Waals surface area contributed by atoms with Gasteiger partial charge in [-0.25, -0.2) is 14.8 Å². The van der Waals surface area contributed by atoms with E-state index in [1.54, 1.807) is 18.4 Å². The molecule has 1 aromatic carbocycles. The Morgan fingerprint density at radius 3 is 2.36 bits per heavy atom. The van der Waals surface area contributed by atoms with Crippen molar-refractivity contribution in [1.82, 2.24) is 15.3 Å². The summed E-state index contributed by atoms with van der Waals surface area (Å²) < 4.78 is 5.47. The zero-order valence-electron chi connectivity index (χ0n) is 25.8. The van der Waals surface area contributed by atoms with Crippen LogP contribution >= 0.6 is 11.3 Å². The number of aromatic nitrogens is 2. The standard InChI is InChI=1S/C35H44N4O4S/c1-22-17-28(13-14-30(22)43-2)25-7-5-24(6-8-25)21-39(34(40)27-9-3-23(4-10-27)19-38-35(41)42)32-18-29(15-16-36-32)31-20-37-33(44-31)26-11-12-26/h13-18,20,23-27,38H,3-12,19,21H2,1-2H3,(H,41,42). The summed E-state index contributed by atoms with van der Waals surface area (Å²) in [6.07, 6.45) is 12.9. The number of carbonyl (C=O) groups is 2. The molecule has 0 bridgehead atoms. The summed E-state index contributed by atoms with van der Waals surface area (Å²) in [4.78, 5) is 37.8. The van der Waals surface area contributed by atoms with Crippen LogP contribution in [0.1, 0.15) is 92.2 Å². The zero-order chi connectivity index (χ0) is 30.6. The number of carboxylic acid groups (broad SMARTS) is 1. The van der Waals surface area contributed by atoms with Crippen molar-refractivity contribution >= 4 is 29.2 Å². The number of aryl methyl sites for hydroxylation is 1. The molecule has 234 valence electrons. The largest absolute Gasteiger partial charge is 0.496 e. The van der Waals surface area contributed by atoms with Crippen LogP contribution in [-0.4, -0.2) is 47.3 Å². The SMILES string of the molecule is COc1ccc(C2CCC(CN(C(=O)C3CCC(CNC(=O)O)CC3)c3cc(-c4cnc(C5CC5)s4)ccn3)CC2)cc1C. The third-order valence-corrected chi connectivity index (χ3v) is 11.1. The minimum atomic E-state index is -0.984. The summed E-state index contributed by atoms with van der Waals surface area (Å²) in [5, 5.41) is 12.7. The molecule has 0 unspecified atom stereocenters. The van der Waals surface area contributed by atoms with Gasteiger partial charge in [-0.05, 0) is 124 Å². The van der Waals surface area contributed by atoms with Gasteiger partial charge >= 0.3 is 6.09 Å². The van der Waals surface area contributed by atoms with Gasteiger partial charge in [0.25, 0.3) is 0 Å². The van der Waals surface area contributed by atoms with Crippen LogP contribution in [0, 0.1) is 24.7 Å². The summed E-state index contributed by atoms with van der Waals surface area (Å²) in [6.45, 7) is 3.24. The number of nitrogens with zero attached hydrogens (tertiary/aromatic N) is 3. The fourth-order valence-electron chi connectivity index (χ4n) is 7.11. The van der Waals surface area contributed by atoms with Gasteiger partial charge in [-0.2, -0.15) is 0 Å². The first-order chi connectivity index (χ1) is 21.4. The predicted octanol–water partition coefficient (Wildman–Crippen LogP) is 7.78. The molecule has 0 saturated heterocycles. The monoisotopic (exact) mass is 616 g/mol. The Kier molecular flexibility index (Phi) is 9.50. The second kappa shape index (κ2) is 13.7. The molecule has 2 heterocycles. The Bertz CT molecular complexity index is 1450. The summed E-state index contributed by atoms with van der Waals surface area (Å²) in [5.41, 5.74) is 3.63. The first-order valence-corrected chi connectivity index (χ1v) is 17.0. The van der Waals surface area contributed by atoms with Gasteiger partial charge in [-0.15, -0.1) is 11.3 Å². The highest BCUT2D eigenvalue weighted by Crippen LogP contribution is 2.44. The molecule has 3 aromatic rings. The van der Waals surface area contributed by atoms with Crippen molar-refractivity contribution in [3.8, 4) is 16.2 Å². The Labute approximate surface area is 264 Å². The van der Waals surface area contributed by atoms with E-state index in [0.29, 0.717) is 30.8 Å². The molecule has 2 amide bonds. The van der Waals surface area contributed by atoms with Gasteiger partial charge in [0, 0.05) is 37.3 Å². The lowest BCUT2D eigenvalue weighted by Crippen LogP contribution is -2.42. The molecule has 3 aliphatic carbocycles. The van der Waals surface area contributed by atoms with E-state index in [1.807, 2.05) is 23.4 Å². The van der Waals surface area contributed by atoms with E-state index in [-0.39, 0.29) is 17.7 Å². The molecule has 2 aromatic heterocycles. The molecule has 0 spiro atoms. The van der Waals surface area contributed by atoms with Gasteiger partial charge in [-0.3, -0.25) is 9.69 Å². The maximum Gasteiger partial charge on any atom is 0.404 e. The number of methoxy groups -OCH3 is 1. The van der Waals surface area contributed by atoms with Crippen LogP contribution in [0.25, 0.3) is 10.4 Å². The van der Waals surface area contributed by atoms with Gasteiger partial charge in [0.05, 0.1) is 17.0 Å². The maximum atomic E-state index is 14.2. The summed E-state index contributed by atoms with van der Waals surface area (Å²) in [6, 6.07) is 10.7. The van der Waals surface area contributed by atoms with Crippen LogP contribution in [-0.2, 0) is 4.79 Å². The van der Waals surface area contributed by atoms with E-state index < -0.39 is 6.09 Å². The molecule has 0 atom stereocenters. The number of hydrogen-bond donors (Lipinski definition) is 2. The van der Waals surface area contributed by atoms with Crippen molar-refractivity contribution < 1.29 is 19.4 Å². The molecule has 3 saturated carbocycles. The molecule has 44 heavy (non-hydrogen) atoms. The molecule has 3 aliphatic rings. The van der Waals surface area contributed by atoms with Gasteiger partial charge in [0.15, 0.2) is 0 Å². The number of carbonyl (C=O) groups excluding carboxylic acids is 1. The number of nitrogens with one attached hydrogen (secondary N) is 1. The lowest BCUT2D eigenvalue weighted by atomic mass is 9.77. The van der Waals surface area contributed by atoms with Crippen molar-refractivity contribution in [2.75, 3.05) is 25.1 Å². The first-order valence-electron chi connectivity index (χ1n) is 16.2. The van der Waals surface area contributed by atoms with E-state index in [1.165, 1.54) is 29.0 Å². The Hall–Kier alpha value is -3.46. The summed E-state index contributed by atoms with van der Waals surface area (Å²) in [5.74, 6) is 3.61. The van der Waals surface area contributed by atoms with Gasteiger partial charge in [0.1, 0.15) is 11.6 Å². The van der Waals surface area contributed by atoms with Crippen LogP contribution < -0.4 is 15.0 Å². The fourth-order valence-corrected chi connectivity index (χ4v) is 8.20. The predicted molar refractivity (Wildman–Crippen MR) is 174 cm³/mol. The van der Waals surface area contributed by atoms with Crippen molar-refractivity contribution in [1.29, 1.82) is 0 Å². The van der Waals surface area contributed by atoms with Crippen LogP contribution in [0.3, 0.4) is 0 Å². The molecule has 0 radical (unpaired) electrons. The molecule has 3 fully saturated rings. The minimum Gasteiger partial charge on any atom is -0.496 e. The molecule has 6 rings (SSSR count). The van der Waals surface area contributed by atoms with Crippen LogP contribution in [0.15, 0.2) is 42.7 Å². The smallest absolute Gasteiger partial charge is 0.404 e. The number of amides is 2. The molecule has 8 nitrogen and oxygen atoms in total. The zero-order valence-corrected chi connectivity index (χ0v) is 26.7. The number of hydrogen-bond acceptors (Lipinski definition) is 6. The van der Waals surface area contributed by atoms with Crippen molar-refractivity contribution in [2.24, 2.45) is 17.8 Å². The minimum absolute atomic E-state index is 0.0648. The summed E-state index contributed by atoms with van der Waals surface area (Å²) in [7, 11) is 1.72. The third-order valence-electron chi connectivity index (χ3n) is 9.94. The second-order valence-electron chi connectivity index (χ2n) is 13.0. The summed E-state index contributed by atoms with van der Waals surface area (Å²) >= 11 is 1.76. The average Bonchev–Trinajstić information content (AvgIpc) is 3.78. The lowest BCUT2D eigenvalue weighted by molar-refractivity contribution is -0.123. The number of rotatable bonds is 10. The lowest BCUT2D eigenvalue weighted by Gasteiger charge is -2.36. The van der Waals surface area contributed by atoms with E-state index >= 15 is 0 Å². The third kappa shape index (κ3) is 7.25. The van der Waals surface area contributed by atoms with Gasteiger partial charge < -0.3 is 15.2 Å². The molecule has 2 N–H and O–H groups in total. The molecule has 0 aliphatic heterocycles. The number of thiazole rings is 1. The average molecular weight is 617 g/mol. The first kappa shape index (κ1) is 30.6. The number of ether oxygens (including phenoxy) is 1. The normalized spacial score (nSPS) is 23.6. The van der Waals surface area contributed by atoms with E-state index in [4.69, 9.17) is 14.8 Å². The van der Waals surface area contributed by atoms with Crippen molar-refractivity contribution in [3.63, 3.8) is 0 Å².